The minimum Gasteiger partial charge on any atom is -0.496 e. The summed E-state index contributed by atoms with van der Waals surface area (Å²) in [5.74, 6) is -0.804. The van der Waals surface area contributed by atoms with Crippen molar-refractivity contribution in [1.29, 1.82) is 0 Å². The average molecular weight is 567 g/mol. The minimum absolute atomic E-state index is 0.0308. The molecule has 0 saturated carbocycles. The van der Waals surface area contributed by atoms with Crippen LogP contribution in [0.5, 0.6) is 5.75 Å². The molecule has 1 saturated heterocycles. The van der Waals surface area contributed by atoms with E-state index < -0.39 is 23.3 Å². The number of H-pyrrole nitrogens is 1. The molecule has 2 heterocycles. The molecule has 3 aromatic rings. The van der Waals surface area contributed by atoms with Gasteiger partial charge in [0.05, 0.1) is 18.4 Å². The van der Waals surface area contributed by atoms with Gasteiger partial charge in [0.2, 0.25) is 5.78 Å². The van der Waals surface area contributed by atoms with Crippen molar-refractivity contribution in [2.45, 2.75) is 45.7 Å². The van der Waals surface area contributed by atoms with Crippen molar-refractivity contribution in [3.8, 4) is 5.75 Å². The number of nitrogens with zero attached hydrogens (tertiary/aromatic N) is 2. The number of aromatic nitrogens is 1. The molecule has 9 heteroatoms. The fourth-order valence-corrected chi connectivity index (χ4v) is 6.75. The zero-order valence-corrected chi connectivity index (χ0v) is 24.7. The molecule has 2 N–H and O–H groups in total. The van der Waals surface area contributed by atoms with Gasteiger partial charge in [0.15, 0.2) is 11.3 Å². The molecule has 6 rings (SSSR count). The van der Waals surface area contributed by atoms with E-state index in [9.17, 15) is 19.2 Å². The molecule has 1 aromatic heterocycles. The predicted molar refractivity (Wildman–Crippen MR) is 158 cm³/mol. The first-order valence-electron chi connectivity index (χ1n) is 14.1. The van der Waals surface area contributed by atoms with Crippen LogP contribution < -0.4 is 10.1 Å². The second-order valence-corrected chi connectivity index (χ2v) is 11.5. The van der Waals surface area contributed by atoms with Crippen molar-refractivity contribution in [2.24, 2.45) is 0 Å². The van der Waals surface area contributed by atoms with Crippen LogP contribution >= 0.6 is 0 Å². The first kappa shape index (κ1) is 27.7. The molecular formula is C33H34N4O5. The Morgan fingerprint density at radius 3 is 2.36 bits per heavy atom. The van der Waals surface area contributed by atoms with Crippen LogP contribution in [0, 0.1) is 20.8 Å². The van der Waals surface area contributed by atoms with Crippen molar-refractivity contribution in [3.05, 3.63) is 92.3 Å². The number of ether oxygens (including phenoxy) is 1. The van der Waals surface area contributed by atoms with E-state index in [4.69, 9.17) is 4.74 Å². The quantitative estimate of drug-likeness (QED) is 0.346. The summed E-state index contributed by atoms with van der Waals surface area (Å²) in [5, 5.41) is 3.43. The van der Waals surface area contributed by atoms with Crippen molar-refractivity contribution in [1.82, 2.24) is 20.1 Å². The molecule has 1 aliphatic heterocycles. The molecule has 3 amide bonds. The standard InChI is InChI=1S/C33H34N4O5/c1-17-7-9-20(13-19(17)3)15-34-12-11-21-16-35-28-25(21)29(38)27-26(30(28)39)24-18(2)8-10-23(42-6)22(24)14-33(27)31(40)36(4)32(41)37(33)5/h7-10,13,16,34-35H,11-12,14-15H2,1-6H3. The number of nitrogens with one attached hydrogen (secondary N) is 2. The Morgan fingerprint density at radius 2 is 1.69 bits per heavy atom. The monoisotopic (exact) mass is 566 g/mol. The summed E-state index contributed by atoms with van der Waals surface area (Å²) in [6.45, 7) is 7.29. The van der Waals surface area contributed by atoms with Crippen molar-refractivity contribution < 1.29 is 23.9 Å². The summed E-state index contributed by atoms with van der Waals surface area (Å²) in [6, 6.07) is 9.44. The van der Waals surface area contributed by atoms with Crippen LogP contribution in [-0.4, -0.2) is 71.6 Å². The molecule has 2 aromatic carbocycles. The number of Topliss-reactive ketones (excluding diaryl/α,β-unsaturated/α-hetero) is 2. The van der Waals surface area contributed by atoms with E-state index in [-0.39, 0.29) is 34.6 Å². The van der Waals surface area contributed by atoms with Crippen LogP contribution in [0.2, 0.25) is 0 Å². The number of hydrogen-bond donors (Lipinski definition) is 2. The van der Waals surface area contributed by atoms with Gasteiger partial charge in [0.25, 0.3) is 5.91 Å². The summed E-state index contributed by atoms with van der Waals surface area (Å²) in [4.78, 5) is 61.3. The summed E-state index contributed by atoms with van der Waals surface area (Å²) in [7, 11) is 4.45. The molecule has 1 atom stereocenters. The SMILES string of the molecule is COc1ccc(C)c2c1CC1(C(=O)N(C)C(=O)N1C)C1=C2C(=O)c2[nH]cc(CCNCc3ccc(C)c(C)c3)c2C1=O. The lowest BCUT2D eigenvalue weighted by atomic mass is 9.65. The Labute approximate surface area is 244 Å². The van der Waals surface area contributed by atoms with Gasteiger partial charge in [0, 0.05) is 50.0 Å². The van der Waals surface area contributed by atoms with E-state index in [1.807, 2.05) is 13.0 Å². The zero-order valence-electron chi connectivity index (χ0n) is 24.7. The molecular weight excluding hydrogens is 532 g/mol. The summed E-state index contributed by atoms with van der Waals surface area (Å²) in [6.07, 6.45) is 2.24. The minimum atomic E-state index is -1.66. The van der Waals surface area contributed by atoms with Crippen LogP contribution in [-0.2, 0) is 24.2 Å². The maximum Gasteiger partial charge on any atom is 0.327 e. The molecule has 1 spiro atoms. The van der Waals surface area contributed by atoms with Gasteiger partial charge >= 0.3 is 6.03 Å². The first-order chi connectivity index (χ1) is 20.0. The topological polar surface area (TPSA) is 112 Å². The molecule has 216 valence electrons. The lowest BCUT2D eigenvalue weighted by Gasteiger charge is -2.42. The highest BCUT2D eigenvalue weighted by molar-refractivity contribution is 6.43. The van der Waals surface area contributed by atoms with Crippen molar-refractivity contribution in [2.75, 3.05) is 27.7 Å². The predicted octanol–water partition coefficient (Wildman–Crippen LogP) is 3.93. The summed E-state index contributed by atoms with van der Waals surface area (Å²) >= 11 is 0. The number of carbonyl (C=O) groups excluding carboxylic acids is 4. The smallest absolute Gasteiger partial charge is 0.327 e. The fraction of sp³-hybridized carbons (Fsp3) is 0.333. The van der Waals surface area contributed by atoms with E-state index >= 15 is 0 Å². The Kier molecular flexibility index (Phi) is 6.46. The van der Waals surface area contributed by atoms with Crippen LogP contribution in [0.1, 0.15) is 59.8 Å². The highest BCUT2D eigenvalue weighted by Gasteiger charge is 2.63. The molecule has 9 nitrogen and oxygen atoms in total. The fourth-order valence-electron chi connectivity index (χ4n) is 6.75. The highest BCUT2D eigenvalue weighted by Crippen LogP contribution is 2.51. The molecule has 42 heavy (non-hydrogen) atoms. The van der Waals surface area contributed by atoms with Gasteiger partial charge in [-0.05, 0) is 73.2 Å². The van der Waals surface area contributed by atoms with Gasteiger partial charge in [-0.15, -0.1) is 0 Å². The second-order valence-electron chi connectivity index (χ2n) is 11.5. The number of urea groups is 1. The summed E-state index contributed by atoms with van der Waals surface area (Å²) < 4.78 is 5.65. The number of aromatic amines is 1. The molecule has 1 fully saturated rings. The number of allylic oxidation sites excluding steroid dienone is 1. The Balaban J connectivity index is 1.42. The number of methoxy groups -OCH3 is 1. The Morgan fingerprint density at radius 1 is 0.952 bits per heavy atom. The number of ketones is 2. The first-order valence-corrected chi connectivity index (χ1v) is 14.1. The van der Waals surface area contributed by atoms with E-state index in [0.717, 1.165) is 10.5 Å². The molecule has 0 bridgehead atoms. The second kappa shape index (κ2) is 9.80. The van der Waals surface area contributed by atoms with E-state index in [1.165, 1.54) is 42.8 Å². The van der Waals surface area contributed by atoms with Crippen LogP contribution in [0.25, 0.3) is 5.57 Å². The molecule has 1 unspecified atom stereocenters. The lowest BCUT2D eigenvalue weighted by Crippen LogP contribution is -2.56. The number of benzene rings is 2. The number of imide groups is 1. The third-order valence-corrected chi connectivity index (χ3v) is 9.19. The molecule has 3 aliphatic rings. The number of amides is 3. The van der Waals surface area contributed by atoms with Crippen LogP contribution in [0.3, 0.4) is 0 Å². The van der Waals surface area contributed by atoms with Crippen LogP contribution in [0.4, 0.5) is 4.79 Å². The lowest BCUT2D eigenvalue weighted by molar-refractivity contribution is -0.130. The van der Waals surface area contributed by atoms with Crippen molar-refractivity contribution in [3.63, 3.8) is 0 Å². The normalized spacial score (nSPS) is 19.6. The van der Waals surface area contributed by atoms with Gasteiger partial charge in [0.1, 0.15) is 5.75 Å². The third kappa shape index (κ3) is 3.73. The van der Waals surface area contributed by atoms with Gasteiger partial charge in [-0.2, -0.15) is 0 Å². The van der Waals surface area contributed by atoms with Gasteiger partial charge < -0.3 is 19.9 Å². The number of likely N-dealkylation sites (N-methyl/N-ethyl adjacent to an activating group) is 2. The Hall–Kier alpha value is -4.50. The highest BCUT2D eigenvalue weighted by atomic mass is 16.5. The van der Waals surface area contributed by atoms with Gasteiger partial charge in [-0.25, -0.2) is 4.79 Å². The number of aryl methyl sites for hydroxylation is 3. The van der Waals surface area contributed by atoms with Gasteiger partial charge in [-0.1, -0.05) is 24.3 Å². The van der Waals surface area contributed by atoms with E-state index in [0.29, 0.717) is 42.0 Å². The van der Waals surface area contributed by atoms with Crippen molar-refractivity contribution >= 4 is 29.1 Å². The third-order valence-electron chi connectivity index (χ3n) is 9.19. The molecule has 2 aliphatic carbocycles. The zero-order chi connectivity index (χ0) is 30.1. The number of fused-ring (bicyclic) bond motifs is 4. The average Bonchev–Trinajstić information content (AvgIpc) is 3.47. The summed E-state index contributed by atoms with van der Waals surface area (Å²) in [5.41, 5.74) is 5.40. The van der Waals surface area contributed by atoms with E-state index in [2.05, 4.69) is 42.3 Å². The number of rotatable bonds is 6. The van der Waals surface area contributed by atoms with Gasteiger partial charge in [-0.3, -0.25) is 19.3 Å². The molecule has 0 radical (unpaired) electrons. The van der Waals surface area contributed by atoms with Crippen LogP contribution in [0.15, 0.2) is 42.1 Å². The van der Waals surface area contributed by atoms with E-state index in [1.54, 1.807) is 12.3 Å². The maximum atomic E-state index is 14.6. The largest absolute Gasteiger partial charge is 0.496 e. The number of hydrogen-bond acceptors (Lipinski definition) is 6. The Bertz CT molecular complexity index is 1750. The maximum absolute atomic E-state index is 14.6. The number of carbonyl (C=O) groups is 4.